The fourth-order valence-electron chi connectivity index (χ4n) is 2.78. The Morgan fingerprint density at radius 1 is 1.14 bits per heavy atom. The fraction of sp³-hybridized carbons (Fsp3) is 0.211. The Balaban J connectivity index is 2.21. The number of benzene rings is 2. The van der Waals surface area contributed by atoms with E-state index in [9.17, 15) is 18.0 Å². The number of carbonyl (C=O) groups excluding carboxylic acids is 1. The van der Waals surface area contributed by atoms with Crippen LogP contribution in [0, 0.1) is 0 Å². The van der Waals surface area contributed by atoms with Crippen molar-refractivity contribution < 1.29 is 22.7 Å². The monoisotopic (exact) mass is 390 g/mol. The van der Waals surface area contributed by atoms with Gasteiger partial charge in [-0.1, -0.05) is 12.1 Å². The standard InChI is InChI=1S/C19H17F3N4O2/c1-11(27)23-15-10-12(28-3)8-9-16(15)26(2)17-13-6-4-5-7-14(13)24-18(25-17)19(20,21)22/h4-10H,1-3H3,(H,23,27). The number of para-hydroxylation sites is 1. The predicted octanol–water partition coefficient (Wildman–Crippen LogP) is 4.38. The van der Waals surface area contributed by atoms with Crippen LogP contribution in [0.2, 0.25) is 0 Å². The normalized spacial score (nSPS) is 11.4. The summed E-state index contributed by atoms with van der Waals surface area (Å²) in [6.07, 6.45) is -4.69. The molecule has 1 amide bonds. The molecule has 3 aromatic rings. The average molecular weight is 390 g/mol. The lowest BCUT2D eigenvalue weighted by atomic mass is 10.2. The number of ether oxygens (including phenoxy) is 1. The number of carbonyl (C=O) groups is 1. The van der Waals surface area contributed by atoms with Crippen LogP contribution in [0.25, 0.3) is 10.9 Å². The molecule has 0 unspecified atom stereocenters. The number of nitrogens with zero attached hydrogens (tertiary/aromatic N) is 3. The van der Waals surface area contributed by atoms with Gasteiger partial charge in [-0.25, -0.2) is 9.97 Å². The Labute approximate surface area is 159 Å². The zero-order chi connectivity index (χ0) is 20.5. The average Bonchev–Trinajstić information content (AvgIpc) is 2.65. The highest BCUT2D eigenvalue weighted by atomic mass is 19.4. The molecule has 1 aromatic heterocycles. The van der Waals surface area contributed by atoms with Crippen molar-refractivity contribution in [3.05, 3.63) is 48.3 Å². The second-order valence-electron chi connectivity index (χ2n) is 6.01. The molecule has 0 fully saturated rings. The van der Waals surface area contributed by atoms with Gasteiger partial charge in [0.2, 0.25) is 11.7 Å². The van der Waals surface area contributed by atoms with Gasteiger partial charge in [0.15, 0.2) is 0 Å². The summed E-state index contributed by atoms with van der Waals surface area (Å²) in [7, 11) is 3.05. The smallest absolute Gasteiger partial charge is 0.451 e. The van der Waals surface area contributed by atoms with Crippen molar-refractivity contribution in [3.63, 3.8) is 0 Å². The van der Waals surface area contributed by atoms with Crippen LogP contribution in [0.15, 0.2) is 42.5 Å². The van der Waals surface area contributed by atoms with Crippen LogP contribution < -0.4 is 15.0 Å². The first-order valence-corrected chi connectivity index (χ1v) is 8.24. The van der Waals surface area contributed by atoms with Crippen LogP contribution in [-0.4, -0.2) is 30.0 Å². The van der Waals surface area contributed by atoms with Crippen molar-refractivity contribution in [2.24, 2.45) is 0 Å². The van der Waals surface area contributed by atoms with Crippen molar-refractivity contribution in [2.75, 3.05) is 24.4 Å². The fourth-order valence-corrected chi connectivity index (χ4v) is 2.78. The quantitative estimate of drug-likeness (QED) is 0.716. The van der Waals surface area contributed by atoms with Crippen LogP contribution >= 0.6 is 0 Å². The van der Waals surface area contributed by atoms with Gasteiger partial charge in [-0.3, -0.25) is 4.79 Å². The Bertz CT molecular complexity index is 1040. The second-order valence-corrected chi connectivity index (χ2v) is 6.01. The number of rotatable bonds is 4. The molecule has 1 heterocycles. The Morgan fingerprint density at radius 3 is 2.50 bits per heavy atom. The maximum atomic E-state index is 13.3. The molecule has 28 heavy (non-hydrogen) atoms. The van der Waals surface area contributed by atoms with E-state index in [0.717, 1.165) is 0 Å². The number of halogens is 3. The van der Waals surface area contributed by atoms with E-state index in [1.165, 1.54) is 25.0 Å². The largest absolute Gasteiger partial charge is 0.497 e. The Hall–Kier alpha value is -3.36. The summed E-state index contributed by atoms with van der Waals surface area (Å²) in [5, 5.41) is 3.11. The molecule has 0 aliphatic carbocycles. The van der Waals surface area contributed by atoms with Crippen molar-refractivity contribution in [1.29, 1.82) is 0 Å². The van der Waals surface area contributed by atoms with E-state index < -0.39 is 12.0 Å². The van der Waals surface area contributed by atoms with E-state index in [2.05, 4.69) is 15.3 Å². The van der Waals surface area contributed by atoms with E-state index in [1.807, 2.05) is 0 Å². The molecule has 0 radical (unpaired) electrons. The molecule has 9 heteroatoms. The molecule has 0 atom stereocenters. The Kier molecular flexibility index (Phi) is 5.08. The molecule has 0 saturated heterocycles. The molecule has 0 aliphatic rings. The lowest BCUT2D eigenvalue weighted by Crippen LogP contribution is -2.19. The first-order valence-electron chi connectivity index (χ1n) is 8.24. The summed E-state index contributed by atoms with van der Waals surface area (Å²) in [6, 6.07) is 11.3. The summed E-state index contributed by atoms with van der Waals surface area (Å²) in [4.78, 5) is 20.4. The molecule has 146 valence electrons. The van der Waals surface area contributed by atoms with Crippen molar-refractivity contribution in [3.8, 4) is 5.75 Å². The van der Waals surface area contributed by atoms with Gasteiger partial charge in [-0.15, -0.1) is 0 Å². The summed E-state index contributed by atoms with van der Waals surface area (Å²) in [6.45, 7) is 1.34. The molecule has 0 aliphatic heterocycles. The van der Waals surface area contributed by atoms with Gasteiger partial charge in [0.1, 0.15) is 11.6 Å². The van der Waals surface area contributed by atoms with Gasteiger partial charge in [0, 0.05) is 25.4 Å². The number of methoxy groups -OCH3 is 1. The minimum absolute atomic E-state index is 0.0645. The van der Waals surface area contributed by atoms with Gasteiger partial charge >= 0.3 is 6.18 Å². The number of amides is 1. The highest BCUT2D eigenvalue weighted by molar-refractivity contribution is 5.97. The first kappa shape index (κ1) is 19.4. The third-order valence-electron chi connectivity index (χ3n) is 4.03. The molecule has 0 saturated carbocycles. The first-order chi connectivity index (χ1) is 13.2. The number of alkyl halides is 3. The van der Waals surface area contributed by atoms with Crippen LogP contribution in [0.4, 0.5) is 30.4 Å². The Morgan fingerprint density at radius 2 is 1.86 bits per heavy atom. The zero-order valence-electron chi connectivity index (χ0n) is 15.3. The zero-order valence-corrected chi connectivity index (χ0v) is 15.3. The molecular weight excluding hydrogens is 373 g/mol. The van der Waals surface area contributed by atoms with E-state index in [1.54, 1.807) is 43.4 Å². The van der Waals surface area contributed by atoms with E-state index in [-0.39, 0.29) is 17.2 Å². The summed E-state index contributed by atoms with van der Waals surface area (Å²) >= 11 is 0. The maximum Gasteiger partial charge on any atom is 0.451 e. The summed E-state index contributed by atoms with van der Waals surface area (Å²) < 4.78 is 45.1. The summed E-state index contributed by atoms with van der Waals surface area (Å²) in [5.74, 6) is -1.01. The number of hydrogen-bond acceptors (Lipinski definition) is 5. The van der Waals surface area contributed by atoms with Crippen LogP contribution in [0.1, 0.15) is 12.7 Å². The SMILES string of the molecule is COc1ccc(N(C)c2nc(C(F)(F)F)nc3ccccc23)c(NC(C)=O)c1. The second kappa shape index (κ2) is 7.34. The van der Waals surface area contributed by atoms with Gasteiger partial charge in [0.05, 0.1) is 24.0 Å². The molecule has 6 nitrogen and oxygen atoms in total. The lowest BCUT2D eigenvalue weighted by molar-refractivity contribution is -0.144. The van der Waals surface area contributed by atoms with Gasteiger partial charge < -0.3 is 15.0 Å². The third-order valence-corrected chi connectivity index (χ3v) is 4.03. The van der Waals surface area contributed by atoms with Crippen molar-refractivity contribution in [1.82, 2.24) is 9.97 Å². The minimum Gasteiger partial charge on any atom is -0.497 e. The van der Waals surface area contributed by atoms with Gasteiger partial charge in [0.25, 0.3) is 0 Å². The van der Waals surface area contributed by atoms with Gasteiger partial charge in [-0.05, 0) is 24.3 Å². The van der Waals surface area contributed by atoms with Gasteiger partial charge in [-0.2, -0.15) is 13.2 Å². The number of nitrogens with one attached hydrogen (secondary N) is 1. The molecule has 0 bridgehead atoms. The topological polar surface area (TPSA) is 67.3 Å². The summed E-state index contributed by atoms with van der Waals surface area (Å²) in [5.41, 5.74) is 1.000. The highest BCUT2D eigenvalue weighted by Crippen LogP contribution is 2.37. The predicted molar refractivity (Wildman–Crippen MR) is 99.9 cm³/mol. The van der Waals surface area contributed by atoms with E-state index in [0.29, 0.717) is 22.5 Å². The lowest BCUT2D eigenvalue weighted by Gasteiger charge is -2.24. The number of hydrogen-bond donors (Lipinski definition) is 1. The van der Waals surface area contributed by atoms with E-state index in [4.69, 9.17) is 4.74 Å². The third kappa shape index (κ3) is 3.83. The molecule has 3 rings (SSSR count). The van der Waals surface area contributed by atoms with Crippen molar-refractivity contribution >= 4 is 34.0 Å². The van der Waals surface area contributed by atoms with Crippen LogP contribution in [-0.2, 0) is 11.0 Å². The number of aromatic nitrogens is 2. The molecule has 0 spiro atoms. The van der Waals surface area contributed by atoms with Crippen molar-refractivity contribution in [2.45, 2.75) is 13.1 Å². The minimum atomic E-state index is -4.69. The van der Waals surface area contributed by atoms with Crippen LogP contribution in [0.3, 0.4) is 0 Å². The molecule has 1 N–H and O–H groups in total. The highest BCUT2D eigenvalue weighted by Gasteiger charge is 2.36. The number of anilines is 3. The molecular formula is C19H17F3N4O2. The number of fused-ring (bicyclic) bond motifs is 1. The maximum absolute atomic E-state index is 13.3. The molecule has 2 aromatic carbocycles. The van der Waals surface area contributed by atoms with E-state index >= 15 is 0 Å². The van der Waals surface area contributed by atoms with Crippen LogP contribution in [0.5, 0.6) is 5.75 Å².